The van der Waals surface area contributed by atoms with Gasteiger partial charge in [0.25, 0.3) is 0 Å². The zero-order valence-corrected chi connectivity index (χ0v) is 17.7. The Kier molecular flexibility index (Phi) is 8.30. The zero-order valence-electron chi connectivity index (χ0n) is 17.7. The number of hydrogen-bond donors (Lipinski definition) is 2. The fourth-order valence-electron chi connectivity index (χ4n) is 3.37. The number of amides is 2. The summed E-state index contributed by atoms with van der Waals surface area (Å²) in [5, 5.41) is 5.57. The van der Waals surface area contributed by atoms with E-state index < -0.39 is 11.7 Å². The van der Waals surface area contributed by atoms with Gasteiger partial charge in [-0.3, -0.25) is 9.69 Å². The van der Waals surface area contributed by atoms with Gasteiger partial charge in [-0.05, 0) is 58.2 Å². The number of alkyl carbamates (subject to hydrolysis) is 1. The average molecular weight is 390 g/mol. The van der Waals surface area contributed by atoms with Crippen LogP contribution >= 0.6 is 0 Å². The lowest BCUT2D eigenvalue weighted by Crippen LogP contribution is -2.37. The van der Waals surface area contributed by atoms with E-state index >= 15 is 0 Å². The van der Waals surface area contributed by atoms with Crippen molar-refractivity contribution >= 4 is 12.0 Å². The van der Waals surface area contributed by atoms with Crippen LogP contribution in [0.25, 0.3) is 0 Å². The van der Waals surface area contributed by atoms with E-state index in [-0.39, 0.29) is 18.9 Å². The van der Waals surface area contributed by atoms with Crippen molar-refractivity contribution < 1.29 is 14.3 Å². The third-order valence-electron chi connectivity index (χ3n) is 4.93. The molecule has 0 unspecified atom stereocenters. The maximum atomic E-state index is 12.1. The van der Waals surface area contributed by atoms with Gasteiger partial charge in [0.15, 0.2) is 0 Å². The molecular weight excluding hydrogens is 354 g/mol. The Balaban J connectivity index is 1.77. The molecule has 1 atom stereocenters. The number of rotatable bonds is 7. The largest absolute Gasteiger partial charge is 0.444 e. The van der Waals surface area contributed by atoms with E-state index in [4.69, 9.17) is 4.74 Å². The van der Waals surface area contributed by atoms with Crippen molar-refractivity contribution in [2.45, 2.75) is 78.1 Å². The highest BCUT2D eigenvalue weighted by Crippen LogP contribution is 2.20. The van der Waals surface area contributed by atoms with Crippen LogP contribution in [0.2, 0.25) is 0 Å². The molecule has 1 aromatic rings. The Morgan fingerprint density at radius 2 is 1.86 bits per heavy atom. The highest BCUT2D eigenvalue weighted by Gasteiger charge is 2.19. The maximum absolute atomic E-state index is 12.1. The second kappa shape index (κ2) is 10.5. The minimum absolute atomic E-state index is 0.0859. The van der Waals surface area contributed by atoms with Gasteiger partial charge in [0, 0.05) is 32.1 Å². The zero-order chi connectivity index (χ0) is 20.6. The molecular formula is C22H35N3O3. The fraction of sp³-hybridized carbons (Fsp3) is 0.636. The molecule has 6 heteroatoms. The summed E-state index contributed by atoms with van der Waals surface area (Å²) in [6.45, 7) is 10.5. The number of nitrogens with zero attached hydrogens (tertiary/aromatic N) is 1. The van der Waals surface area contributed by atoms with Gasteiger partial charge in [-0.25, -0.2) is 4.79 Å². The topological polar surface area (TPSA) is 70.7 Å². The number of nitrogens with one attached hydrogen (secondary N) is 2. The molecule has 1 saturated heterocycles. The summed E-state index contributed by atoms with van der Waals surface area (Å²) in [5.41, 5.74) is 1.87. The van der Waals surface area contributed by atoms with E-state index in [2.05, 4.69) is 40.7 Å². The Morgan fingerprint density at radius 1 is 1.14 bits per heavy atom. The van der Waals surface area contributed by atoms with E-state index in [0.717, 1.165) is 18.7 Å². The summed E-state index contributed by atoms with van der Waals surface area (Å²) in [7, 11) is 0. The highest BCUT2D eigenvalue weighted by molar-refractivity contribution is 5.77. The van der Waals surface area contributed by atoms with Crippen LogP contribution in [0.3, 0.4) is 0 Å². The van der Waals surface area contributed by atoms with Gasteiger partial charge in [-0.2, -0.15) is 0 Å². The molecule has 1 aliphatic heterocycles. The summed E-state index contributed by atoms with van der Waals surface area (Å²) in [6.07, 6.45) is 3.55. The predicted molar refractivity (Wildman–Crippen MR) is 111 cm³/mol. The summed E-state index contributed by atoms with van der Waals surface area (Å²) >= 11 is 0. The number of benzene rings is 1. The minimum Gasteiger partial charge on any atom is -0.444 e. The highest BCUT2D eigenvalue weighted by atomic mass is 16.6. The molecule has 1 aromatic carbocycles. The van der Waals surface area contributed by atoms with Crippen molar-refractivity contribution in [1.29, 1.82) is 0 Å². The van der Waals surface area contributed by atoms with Crippen LogP contribution in [0, 0.1) is 0 Å². The molecule has 2 N–H and O–H groups in total. The SMILES string of the molecule is C[C@H]1CCCCN1Cc1ccccc1CNC(=O)CCNC(=O)OC(C)(C)C. The molecule has 28 heavy (non-hydrogen) atoms. The number of hydrogen-bond acceptors (Lipinski definition) is 4. The van der Waals surface area contributed by atoms with Gasteiger partial charge < -0.3 is 15.4 Å². The maximum Gasteiger partial charge on any atom is 0.407 e. The molecule has 0 spiro atoms. The fourth-order valence-corrected chi connectivity index (χ4v) is 3.37. The van der Waals surface area contributed by atoms with Gasteiger partial charge in [-0.1, -0.05) is 30.7 Å². The smallest absolute Gasteiger partial charge is 0.407 e. The predicted octanol–water partition coefficient (Wildman–Crippen LogP) is 3.59. The first kappa shape index (κ1) is 22.2. The van der Waals surface area contributed by atoms with E-state index in [0.29, 0.717) is 12.6 Å². The molecule has 0 saturated carbocycles. The van der Waals surface area contributed by atoms with Crippen LogP contribution in [0.15, 0.2) is 24.3 Å². The lowest BCUT2D eigenvalue weighted by atomic mass is 10.0. The van der Waals surface area contributed by atoms with Gasteiger partial charge in [-0.15, -0.1) is 0 Å². The van der Waals surface area contributed by atoms with Crippen LogP contribution in [-0.4, -0.2) is 41.6 Å². The van der Waals surface area contributed by atoms with E-state index in [1.807, 2.05) is 6.07 Å². The van der Waals surface area contributed by atoms with Gasteiger partial charge >= 0.3 is 6.09 Å². The van der Waals surface area contributed by atoms with Crippen molar-refractivity contribution in [2.24, 2.45) is 0 Å². The summed E-state index contributed by atoms with van der Waals surface area (Å²) in [4.78, 5) is 26.3. The van der Waals surface area contributed by atoms with Crippen LogP contribution in [0.4, 0.5) is 4.79 Å². The first-order chi connectivity index (χ1) is 13.2. The molecule has 1 fully saturated rings. The first-order valence-electron chi connectivity index (χ1n) is 10.3. The van der Waals surface area contributed by atoms with Crippen molar-refractivity contribution in [2.75, 3.05) is 13.1 Å². The Morgan fingerprint density at radius 3 is 2.54 bits per heavy atom. The molecule has 6 nitrogen and oxygen atoms in total. The summed E-state index contributed by atoms with van der Waals surface area (Å²) in [6, 6.07) is 8.89. The number of piperidine rings is 1. The Labute approximate surface area is 169 Å². The lowest BCUT2D eigenvalue weighted by molar-refractivity contribution is -0.121. The molecule has 2 rings (SSSR count). The molecule has 1 aliphatic rings. The second-order valence-electron chi connectivity index (χ2n) is 8.54. The number of carbonyl (C=O) groups excluding carboxylic acids is 2. The van der Waals surface area contributed by atoms with Crippen molar-refractivity contribution in [1.82, 2.24) is 15.5 Å². The quantitative estimate of drug-likeness (QED) is 0.748. The number of ether oxygens (including phenoxy) is 1. The molecule has 0 bridgehead atoms. The van der Waals surface area contributed by atoms with E-state index in [1.54, 1.807) is 20.8 Å². The summed E-state index contributed by atoms with van der Waals surface area (Å²) < 4.78 is 5.16. The summed E-state index contributed by atoms with van der Waals surface area (Å²) in [5.74, 6) is -0.0859. The normalized spacial score (nSPS) is 17.8. The molecule has 0 aliphatic carbocycles. The van der Waals surface area contributed by atoms with Gasteiger partial charge in [0.1, 0.15) is 5.60 Å². The van der Waals surface area contributed by atoms with Crippen molar-refractivity contribution in [3.63, 3.8) is 0 Å². The van der Waals surface area contributed by atoms with Gasteiger partial charge in [0.05, 0.1) is 0 Å². The second-order valence-corrected chi connectivity index (χ2v) is 8.54. The molecule has 0 radical (unpaired) electrons. The molecule has 2 amide bonds. The van der Waals surface area contributed by atoms with Crippen LogP contribution in [0.1, 0.15) is 64.5 Å². The van der Waals surface area contributed by atoms with Crippen molar-refractivity contribution in [3.8, 4) is 0 Å². The number of carbonyl (C=O) groups is 2. The first-order valence-corrected chi connectivity index (χ1v) is 10.3. The third-order valence-corrected chi connectivity index (χ3v) is 4.93. The van der Waals surface area contributed by atoms with E-state index in [9.17, 15) is 9.59 Å². The molecule has 1 heterocycles. The third kappa shape index (κ3) is 7.89. The number of likely N-dealkylation sites (tertiary alicyclic amines) is 1. The van der Waals surface area contributed by atoms with Gasteiger partial charge in [0.2, 0.25) is 5.91 Å². The molecule has 0 aromatic heterocycles. The Hall–Kier alpha value is -2.08. The van der Waals surface area contributed by atoms with Crippen LogP contribution < -0.4 is 10.6 Å². The average Bonchev–Trinajstić information content (AvgIpc) is 2.61. The standard InChI is InChI=1S/C22H35N3O3/c1-17-9-7-8-14-25(17)16-19-11-6-5-10-18(19)15-24-20(26)12-13-23-21(27)28-22(2,3)4/h5-6,10-11,17H,7-9,12-16H2,1-4H3,(H,23,27)(H,24,26)/t17-/m0/s1. The van der Waals surface area contributed by atoms with Crippen LogP contribution in [0.5, 0.6) is 0 Å². The van der Waals surface area contributed by atoms with Crippen LogP contribution in [-0.2, 0) is 22.6 Å². The lowest BCUT2D eigenvalue weighted by Gasteiger charge is -2.33. The minimum atomic E-state index is -0.540. The Bertz CT molecular complexity index is 655. The van der Waals surface area contributed by atoms with Crippen molar-refractivity contribution in [3.05, 3.63) is 35.4 Å². The monoisotopic (exact) mass is 389 g/mol. The van der Waals surface area contributed by atoms with E-state index in [1.165, 1.54) is 24.8 Å². The molecule has 156 valence electrons.